The summed E-state index contributed by atoms with van der Waals surface area (Å²) in [6, 6.07) is 10.8. The molecule has 0 radical (unpaired) electrons. The second kappa shape index (κ2) is 9.06. The first-order valence-electron chi connectivity index (χ1n) is 10.4. The highest BCUT2D eigenvalue weighted by Gasteiger charge is 2.27. The summed E-state index contributed by atoms with van der Waals surface area (Å²) in [5.41, 5.74) is 1.62. The van der Waals surface area contributed by atoms with Crippen LogP contribution in [-0.2, 0) is 4.79 Å². The molecule has 31 heavy (non-hydrogen) atoms. The molecule has 0 unspecified atom stereocenters. The summed E-state index contributed by atoms with van der Waals surface area (Å²) in [5, 5.41) is 0.0794. The average molecular weight is 444 g/mol. The van der Waals surface area contributed by atoms with E-state index < -0.39 is 5.82 Å². The minimum Gasteiger partial charge on any atom is -0.335 e. The average Bonchev–Trinajstić information content (AvgIpc) is 2.79. The number of rotatable bonds is 3. The molecule has 6 nitrogen and oxygen atoms in total. The first-order valence-corrected chi connectivity index (χ1v) is 10.8. The molecule has 2 fully saturated rings. The third-order valence-electron chi connectivity index (χ3n) is 5.76. The number of carbonyl (C=O) groups excluding carboxylic acids is 3. The van der Waals surface area contributed by atoms with Gasteiger partial charge >= 0.3 is 0 Å². The maximum absolute atomic E-state index is 13.2. The Labute approximate surface area is 185 Å². The monoisotopic (exact) mass is 443 g/mol. The summed E-state index contributed by atoms with van der Waals surface area (Å²) >= 11 is 6.00. The molecule has 8 heteroatoms. The molecule has 4 rings (SSSR count). The van der Waals surface area contributed by atoms with E-state index in [2.05, 4.69) is 0 Å². The summed E-state index contributed by atoms with van der Waals surface area (Å²) in [7, 11) is 0. The molecule has 0 atom stereocenters. The molecule has 2 heterocycles. The van der Waals surface area contributed by atoms with E-state index in [4.69, 9.17) is 11.6 Å². The summed E-state index contributed by atoms with van der Waals surface area (Å²) in [6.07, 6.45) is 2.47. The van der Waals surface area contributed by atoms with E-state index in [-0.39, 0.29) is 28.3 Å². The predicted molar refractivity (Wildman–Crippen MR) is 116 cm³/mol. The summed E-state index contributed by atoms with van der Waals surface area (Å²) in [4.78, 5) is 42.7. The quantitative estimate of drug-likeness (QED) is 0.728. The largest absolute Gasteiger partial charge is 0.335 e. The Bertz CT molecular complexity index is 1000. The summed E-state index contributed by atoms with van der Waals surface area (Å²) < 4.78 is 13.2. The first-order chi connectivity index (χ1) is 14.9. The van der Waals surface area contributed by atoms with Crippen molar-refractivity contribution < 1.29 is 18.8 Å². The maximum Gasteiger partial charge on any atom is 0.255 e. The van der Waals surface area contributed by atoms with Crippen molar-refractivity contribution in [3.63, 3.8) is 0 Å². The van der Waals surface area contributed by atoms with Crippen LogP contribution < -0.4 is 4.90 Å². The fraction of sp³-hybridized carbons (Fsp3) is 0.348. The third-order valence-corrected chi connectivity index (χ3v) is 6.08. The molecule has 2 aromatic carbocycles. The van der Waals surface area contributed by atoms with Gasteiger partial charge in [0.1, 0.15) is 5.82 Å². The van der Waals surface area contributed by atoms with E-state index >= 15 is 0 Å². The maximum atomic E-state index is 13.2. The normalized spacial score (nSPS) is 17.1. The van der Waals surface area contributed by atoms with Gasteiger partial charge in [-0.05, 0) is 55.3 Å². The fourth-order valence-electron chi connectivity index (χ4n) is 3.99. The molecule has 0 N–H and O–H groups in total. The van der Waals surface area contributed by atoms with Gasteiger partial charge in [-0.3, -0.25) is 14.4 Å². The van der Waals surface area contributed by atoms with Gasteiger partial charge in [0.05, 0.1) is 10.6 Å². The lowest BCUT2D eigenvalue weighted by atomic mass is 10.1. The molecule has 0 saturated carbocycles. The van der Waals surface area contributed by atoms with Gasteiger partial charge in [-0.1, -0.05) is 11.6 Å². The Kier molecular flexibility index (Phi) is 6.23. The van der Waals surface area contributed by atoms with E-state index in [1.807, 2.05) is 12.1 Å². The number of anilines is 1. The van der Waals surface area contributed by atoms with Crippen molar-refractivity contribution in [2.75, 3.05) is 37.6 Å². The van der Waals surface area contributed by atoms with Gasteiger partial charge in [-0.25, -0.2) is 4.39 Å². The molecule has 2 aliphatic heterocycles. The number of hydrogen-bond acceptors (Lipinski definition) is 3. The Morgan fingerprint density at radius 2 is 1.48 bits per heavy atom. The highest BCUT2D eigenvalue weighted by Crippen LogP contribution is 2.23. The van der Waals surface area contributed by atoms with E-state index in [0.717, 1.165) is 24.6 Å². The Morgan fingerprint density at radius 1 is 0.839 bits per heavy atom. The number of benzene rings is 2. The van der Waals surface area contributed by atoms with E-state index in [9.17, 15) is 18.8 Å². The van der Waals surface area contributed by atoms with Crippen LogP contribution >= 0.6 is 11.6 Å². The van der Waals surface area contributed by atoms with Gasteiger partial charge in [0.25, 0.3) is 11.8 Å². The van der Waals surface area contributed by atoms with Crippen molar-refractivity contribution in [3.8, 4) is 0 Å². The van der Waals surface area contributed by atoms with E-state index in [1.165, 1.54) is 12.1 Å². The lowest BCUT2D eigenvalue weighted by molar-refractivity contribution is -0.119. The highest BCUT2D eigenvalue weighted by atomic mass is 35.5. The van der Waals surface area contributed by atoms with Crippen molar-refractivity contribution in [1.82, 2.24) is 9.80 Å². The van der Waals surface area contributed by atoms with Crippen LogP contribution in [0.15, 0.2) is 42.5 Å². The van der Waals surface area contributed by atoms with Crippen molar-refractivity contribution in [2.24, 2.45) is 0 Å². The van der Waals surface area contributed by atoms with Crippen LogP contribution in [0.4, 0.5) is 10.1 Å². The zero-order valence-electron chi connectivity index (χ0n) is 17.0. The number of halogens is 2. The molecule has 0 spiro atoms. The fourth-order valence-corrected chi connectivity index (χ4v) is 4.24. The molecular weight excluding hydrogens is 421 g/mol. The molecule has 3 amide bonds. The molecule has 2 saturated heterocycles. The van der Waals surface area contributed by atoms with Crippen molar-refractivity contribution in [1.29, 1.82) is 0 Å². The van der Waals surface area contributed by atoms with Gasteiger partial charge in [-0.15, -0.1) is 0 Å². The number of piperazine rings is 1. The van der Waals surface area contributed by atoms with Gasteiger partial charge in [0.15, 0.2) is 0 Å². The molecule has 2 aliphatic rings. The van der Waals surface area contributed by atoms with Crippen molar-refractivity contribution >= 4 is 35.0 Å². The highest BCUT2D eigenvalue weighted by molar-refractivity contribution is 6.33. The number of hydrogen-bond donors (Lipinski definition) is 0. The van der Waals surface area contributed by atoms with Crippen molar-refractivity contribution in [3.05, 3.63) is 64.4 Å². The second-order valence-electron chi connectivity index (χ2n) is 7.76. The topological polar surface area (TPSA) is 60.9 Å². The summed E-state index contributed by atoms with van der Waals surface area (Å²) in [6.45, 7) is 2.25. The van der Waals surface area contributed by atoms with Crippen LogP contribution in [0.25, 0.3) is 0 Å². The number of nitrogens with zero attached hydrogens (tertiary/aromatic N) is 3. The van der Waals surface area contributed by atoms with E-state index in [0.29, 0.717) is 44.7 Å². The zero-order valence-corrected chi connectivity index (χ0v) is 17.8. The SMILES string of the molecule is O=C(c1ccc(N2CCCCC2=O)cc1)N1CCN(C(=O)c2ccc(F)cc2Cl)CC1. The van der Waals surface area contributed by atoms with Crippen LogP contribution in [0, 0.1) is 5.82 Å². The molecule has 2 aromatic rings. The molecule has 0 aliphatic carbocycles. The standard InChI is InChI=1S/C23H23ClFN3O3/c24-20-15-17(25)6-9-19(20)23(31)27-13-11-26(12-14-27)22(30)16-4-7-18(8-5-16)28-10-2-1-3-21(28)29/h4-9,15H,1-3,10-14H2. The molecule has 0 bridgehead atoms. The lowest BCUT2D eigenvalue weighted by Gasteiger charge is -2.35. The molecular formula is C23H23ClFN3O3. The van der Waals surface area contributed by atoms with Gasteiger partial charge in [0.2, 0.25) is 5.91 Å². The van der Waals surface area contributed by atoms with Crippen LogP contribution in [0.1, 0.15) is 40.0 Å². The van der Waals surface area contributed by atoms with Crippen LogP contribution in [0.2, 0.25) is 5.02 Å². The van der Waals surface area contributed by atoms with E-state index in [1.54, 1.807) is 26.8 Å². The Hall–Kier alpha value is -2.93. The van der Waals surface area contributed by atoms with Crippen LogP contribution in [-0.4, -0.2) is 60.2 Å². The third kappa shape index (κ3) is 4.56. The minimum absolute atomic E-state index is 0.0794. The Balaban J connectivity index is 1.37. The van der Waals surface area contributed by atoms with Gasteiger partial charge in [-0.2, -0.15) is 0 Å². The number of carbonyl (C=O) groups is 3. The first kappa shape index (κ1) is 21.3. The zero-order chi connectivity index (χ0) is 22.0. The van der Waals surface area contributed by atoms with Gasteiger partial charge < -0.3 is 14.7 Å². The number of piperidine rings is 1. The van der Waals surface area contributed by atoms with Gasteiger partial charge in [0, 0.05) is 50.4 Å². The summed E-state index contributed by atoms with van der Waals surface area (Å²) in [5.74, 6) is -0.754. The number of amides is 3. The second-order valence-corrected chi connectivity index (χ2v) is 8.17. The Morgan fingerprint density at radius 3 is 2.10 bits per heavy atom. The van der Waals surface area contributed by atoms with Crippen LogP contribution in [0.5, 0.6) is 0 Å². The predicted octanol–water partition coefficient (Wildman–Crippen LogP) is 3.59. The molecule has 0 aromatic heterocycles. The minimum atomic E-state index is -0.493. The molecule has 162 valence electrons. The van der Waals surface area contributed by atoms with Crippen LogP contribution in [0.3, 0.4) is 0 Å². The smallest absolute Gasteiger partial charge is 0.255 e. The lowest BCUT2D eigenvalue weighted by Crippen LogP contribution is -2.50. The van der Waals surface area contributed by atoms with Crippen molar-refractivity contribution in [2.45, 2.75) is 19.3 Å².